The van der Waals surface area contributed by atoms with Crippen LogP contribution in [0.1, 0.15) is 52.1 Å². The number of benzene rings is 1. The summed E-state index contributed by atoms with van der Waals surface area (Å²) in [4.78, 5) is 2.37. The zero-order valence-corrected chi connectivity index (χ0v) is 14.6. The zero-order valence-electron chi connectivity index (χ0n) is 14.6. The van der Waals surface area contributed by atoms with Crippen molar-refractivity contribution in [3.63, 3.8) is 0 Å². The molecule has 1 unspecified atom stereocenters. The lowest BCUT2D eigenvalue weighted by molar-refractivity contribution is 0.0888. The number of rotatable bonds is 9. The minimum Gasteiger partial charge on any atom is -0.494 e. The minimum atomic E-state index is 0.112. The summed E-state index contributed by atoms with van der Waals surface area (Å²) in [5.41, 5.74) is 1.42. The maximum atomic E-state index is 5.67. The number of nitrogens with zero attached hydrogens (tertiary/aromatic N) is 1. The first-order valence-electron chi connectivity index (χ1n) is 8.19. The molecule has 0 amide bonds. The molecule has 0 aromatic heterocycles. The highest BCUT2D eigenvalue weighted by Gasteiger charge is 2.38. The molecule has 3 heteroatoms. The van der Waals surface area contributed by atoms with Gasteiger partial charge in [-0.05, 0) is 58.1 Å². The van der Waals surface area contributed by atoms with Gasteiger partial charge >= 0.3 is 0 Å². The quantitative estimate of drug-likeness (QED) is 0.748. The lowest BCUT2D eigenvalue weighted by Crippen LogP contribution is -2.53. The van der Waals surface area contributed by atoms with Crippen molar-refractivity contribution < 1.29 is 4.74 Å². The summed E-state index contributed by atoms with van der Waals surface area (Å²) in [5, 5.41) is 3.70. The van der Waals surface area contributed by atoms with Crippen LogP contribution >= 0.6 is 0 Å². The van der Waals surface area contributed by atoms with Crippen LogP contribution in [0.5, 0.6) is 5.75 Å². The van der Waals surface area contributed by atoms with E-state index in [2.05, 4.69) is 63.3 Å². The Kier molecular flexibility index (Phi) is 7.20. The molecule has 21 heavy (non-hydrogen) atoms. The van der Waals surface area contributed by atoms with Gasteiger partial charge in [0, 0.05) is 5.54 Å². The molecule has 0 aliphatic heterocycles. The SMILES string of the molecule is CCNC(c1cccc(OCC)c1)C(CC)(CC)N(C)C. The molecule has 1 aromatic carbocycles. The third-order valence-electron chi connectivity index (χ3n) is 4.56. The second-order valence-electron chi connectivity index (χ2n) is 5.70. The van der Waals surface area contributed by atoms with Gasteiger partial charge in [0.1, 0.15) is 5.75 Å². The average Bonchev–Trinajstić information content (AvgIpc) is 2.48. The summed E-state index contributed by atoms with van der Waals surface area (Å²) < 4.78 is 5.67. The van der Waals surface area contributed by atoms with E-state index in [1.165, 1.54) is 5.56 Å². The fraction of sp³-hybridized carbons (Fsp3) is 0.667. The Morgan fingerprint density at radius 2 is 1.81 bits per heavy atom. The standard InChI is InChI=1S/C18H32N2O/c1-7-18(8-2,20(5)6)17(19-9-3)15-12-11-13-16(14-15)21-10-4/h11-14,17,19H,7-10H2,1-6H3. The van der Waals surface area contributed by atoms with Crippen LogP contribution in [0.3, 0.4) is 0 Å². The molecule has 0 saturated heterocycles. The van der Waals surface area contributed by atoms with Crippen molar-refractivity contribution >= 4 is 0 Å². The Hall–Kier alpha value is -1.06. The van der Waals surface area contributed by atoms with Crippen LogP contribution in [-0.4, -0.2) is 37.7 Å². The van der Waals surface area contributed by atoms with Crippen LogP contribution in [0.2, 0.25) is 0 Å². The third-order valence-corrected chi connectivity index (χ3v) is 4.56. The molecule has 0 aliphatic carbocycles. The Balaban J connectivity index is 3.23. The zero-order chi connectivity index (χ0) is 15.9. The summed E-state index contributed by atoms with van der Waals surface area (Å²) in [7, 11) is 4.37. The molecule has 1 N–H and O–H groups in total. The van der Waals surface area contributed by atoms with E-state index in [1.807, 2.05) is 13.0 Å². The third kappa shape index (κ3) is 3.98. The summed E-state index contributed by atoms with van der Waals surface area (Å²) in [5.74, 6) is 0.956. The summed E-state index contributed by atoms with van der Waals surface area (Å²) in [6.07, 6.45) is 2.21. The Morgan fingerprint density at radius 1 is 1.14 bits per heavy atom. The fourth-order valence-corrected chi connectivity index (χ4v) is 3.32. The number of nitrogens with one attached hydrogen (secondary N) is 1. The Bertz CT molecular complexity index is 413. The van der Waals surface area contributed by atoms with Gasteiger partial charge in [-0.1, -0.05) is 32.9 Å². The van der Waals surface area contributed by atoms with E-state index in [0.29, 0.717) is 12.6 Å². The lowest BCUT2D eigenvalue weighted by Gasteiger charge is -2.45. The van der Waals surface area contributed by atoms with Crippen molar-refractivity contribution in [1.29, 1.82) is 0 Å². The highest BCUT2D eigenvalue weighted by molar-refractivity contribution is 5.32. The lowest BCUT2D eigenvalue weighted by atomic mass is 9.79. The summed E-state index contributed by atoms with van der Waals surface area (Å²) in [6.45, 7) is 10.4. The van der Waals surface area contributed by atoms with E-state index in [1.54, 1.807) is 0 Å². The molecule has 120 valence electrons. The number of ether oxygens (including phenoxy) is 1. The van der Waals surface area contributed by atoms with Gasteiger partial charge < -0.3 is 15.0 Å². The summed E-state index contributed by atoms with van der Waals surface area (Å²) >= 11 is 0. The molecule has 1 aromatic rings. The number of hydrogen-bond acceptors (Lipinski definition) is 3. The van der Waals surface area contributed by atoms with Gasteiger partial charge in [0.2, 0.25) is 0 Å². The topological polar surface area (TPSA) is 24.5 Å². The second kappa shape index (κ2) is 8.40. The van der Waals surface area contributed by atoms with E-state index in [0.717, 1.165) is 25.1 Å². The van der Waals surface area contributed by atoms with Crippen LogP contribution in [0, 0.1) is 0 Å². The molecule has 0 fully saturated rings. The van der Waals surface area contributed by atoms with Crippen LogP contribution in [-0.2, 0) is 0 Å². The largest absolute Gasteiger partial charge is 0.494 e. The van der Waals surface area contributed by atoms with Crippen molar-refractivity contribution in [1.82, 2.24) is 10.2 Å². The first-order valence-corrected chi connectivity index (χ1v) is 8.19. The van der Waals surface area contributed by atoms with Crippen molar-refractivity contribution in [2.24, 2.45) is 0 Å². The van der Waals surface area contributed by atoms with Crippen LogP contribution in [0.15, 0.2) is 24.3 Å². The van der Waals surface area contributed by atoms with E-state index in [-0.39, 0.29) is 5.54 Å². The second-order valence-corrected chi connectivity index (χ2v) is 5.70. The van der Waals surface area contributed by atoms with Gasteiger partial charge in [-0.2, -0.15) is 0 Å². The molecule has 3 nitrogen and oxygen atoms in total. The van der Waals surface area contributed by atoms with Crippen molar-refractivity contribution in [3.8, 4) is 5.75 Å². The number of hydrogen-bond donors (Lipinski definition) is 1. The first-order chi connectivity index (χ1) is 10.1. The van der Waals surface area contributed by atoms with Crippen LogP contribution in [0.4, 0.5) is 0 Å². The van der Waals surface area contributed by atoms with Crippen LogP contribution in [0.25, 0.3) is 0 Å². The monoisotopic (exact) mass is 292 g/mol. The highest BCUT2D eigenvalue weighted by atomic mass is 16.5. The van der Waals surface area contributed by atoms with Gasteiger partial charge in [-0.25, -0.2) is 0 Å². The maximum Gasteiger partial charge on any atom is 0.119 e. The van der Waals surface area contributed by atoms with E-state index >= 15 is 0 Å². The van der Waals surface area contributed by atoms with E-state index in [4.69, 9.17) is 4.74 Å². The van der Waals surface area contributed by atoms with Crippen molar-refractivity contribution in [2.75, 3.05) is 27.2 Å². The summed E-state index contributed by atoms with van der Waals surface area (Å²) in [6, 6.07) is 8.81. The smallest absolute Gasteiger partial charge is 0.119 e. The van der Waals surface area contributed by atoms with Gasteiger partial charge in [0.05, 0.1) is 12.6 Å². The Morgan fingerprint density at radius 3 is 2.29 bits per heavy atom. The average molecular weight is 292 g/mol. The predicted molar refractivity (Wildman–Crippen MR) is 91.0 cm³/mol. The molecular weight excluding hydrogens is 260 g/mol. The minimum absolute atomic E-state index is 0.112. The molecule has 1 rings (SSSR count). The van der Waals surface area contributed by atoms with Gasteiger partial charge in [-0.15, -0.1) is 0 Å². The first kappa shape index (κ1) is 18.0. The van der Waals surface area contributed by atoms with Crippen molar-refractivity contribution in [2.45, 2.75) is 52.1 Å². The molecule has 0 saturated carbocycles. The van der Waals surface area contributed by atoms with E-state index in [9.17, 15) is 0 Å². The molecule has 0 aliphatic rings. The normalized spacial score (nSPS) is 13.5. The number of likely N-dealkylation sites (N-methyl/N-ethyl adjacent to an activating group) is 2. The maximum absolute atomic E-state index is 5.67. The molecule has 0 bridgehead atoms. The highest BCUT2D eigenvalue weighted by Crippen LogP contribution is 2.37. The fourth-order valence-electron chi connectivity index (χ4n) is 3.32. The van der Waals surface area contributed by atoms with Crippen molar-refractivity contribution in [3.05, 3.63) is 29.8 Å². The van der Waals surface area contributed by atoms with E-state index < -0.39 is 0 Å². The van der Waals surface area contributed by atoms with Crippen LogP contribution < -0.4 is 10.1 Å². The van der Waals surface area contributed by atoms with Gasteiger partial charge in [0.15, 0.2) is 0 Å². The predicted octanol–water partition coefficient (Wildman–Crippen LogP) is 3.86. The Labute approximate surface area is 130 Å². The molecule has 0 spiro atoms. The van der Waals surface area contributed by atoms with Gasteiger partial charge in [-0.3, -0.25) is 0 Å². The molecule has 0 radical (unpaired) electrons. The molecule has 0 heterocycles. The van der Waals surface area contributed by atoms with Gasteiger partial charge in [0.25, 0.3) is 0 Å². The molecular formula is C18H32N2O. The molecule has 1 atom stereocenters.